The van der Waals surface area contributed by atoms with Gasteiger partial charge in [0, 0.05) is 36.1 Å². The van der Waals surface area contributed by atoms with Crippen LogP contribution in [-0.4, -0.2) is 43.5 Å². The normalized spacial score (nSPS) is 18.6. The molecule has 0 aliphatic carbocycles. The Morgan fingerprint density at radius 2 is 1.83 bits per heavy atom. The summed E-state index contributed by atoms with van der Waals surface area (Å²) in [4.78, 5) is 27.3. The monoisotopic (exact) mass is 409 g/mol. The van der Waals surface area contributed by atoms with Crippen LogP contribution in [0.15, 0.2) is 42.5 Å². The van der Waals surface area contributed by atoms with Crippen molar-refractivity contribution in [3.8, 4) is 5.75 Å². The zero-order valence-corrected chi connectivity index (χ0v) is 18.2. The molecule has 160 valence electrons. The molecule has 2 aromatic rings. The number of piperidine rings is 1. The van der Waals surface area contributed by atoms with Crippen molar-refractivity contribution in [2.75, 3.05) is 37.4 Å². The van der Waals surface area contributed by atoms with Crippen molar-refractivity contribution in [1.29, 1.82) is 0 Å². The van der Waals surface area contributed by atoms with Crippen LogP contribution in [0.2, 0.25) is 0 Å². The number of hydrogen-bond acceptors (Lipinski definition) is 4. The molecule has 2 N–H and O–H groups in total. The van der Waals surface area contributed by atoms with E-state index >= 15 is 0 Å². The standard InChI is InChI=1S/C24H31N3O3/c1-16-10-17(2)15-27(14-16)24(29)19-9-8-18(3)22(11-19)25-13-23(28)26-20-6-5-7-21(12-20)30-4/h5-9,11-12,16-17,25H,10,13-15H2,1-4H3,(H,26,28). The molecule has 0 radical (unpaired) electrons. The first-order valence-electron chi connectivity index (χ1n) is 10.4. The van der Waals surface area contributed by atoms with E-state index in [1.807, 2.05) is 48.2 Å². The summed E-state index contributed by atoms with van der Waals surface area (Å²) >= 11 is 0. The van der Waals surface area contributed by atoms with E-state index in [4.69, 9.17) is 4.74 Å². The topological polar surface area (TPSA) is 70.7 Å². The fourth-order valence-corrected chi connectivity index (χ4v) is 4.04. The molecule has 2 aromatic carbocycles. The summed E-state index contributed by atoms with van der Waals surface area (Å²) in [7, 11) is 1.59. The highest BCUT2D eigenvalue weighted by Crippen LogP contribution is 2.24. The Morgan fingerprint density at radius 3 is 2.53 bits per heavy atom. The molecule has 6 nitrogen and oxygen atoms in total. The largest absolute Gasteiger partial charge is 0.497 e. The maximum absolute atomic E-state index is 13.0. The summed E-state index contributed by atoms with van der Waals surface area (Å²) in [5.74, 6) is 1.60. The molecule has 1 aliphatic heterocycles. The molecule has 3 rings (SSSR count). The molecular formula is C24H31N3O3. The first-order valence-corrected chi connectivity index (χ1v) is 10.4. The van der Waals surface area contributed by atoms with Gasteiger partial charge in [-0.05, 0) is 55.0 Å². The van der Waals surface area contributed by atoms with Gasteiger partial charge in [-0.15, -0.1) is 0 Å². The minimum atomic E-state index is -0.168. The van der Waals surface area contributed by atoms with Gasteiger partial charge in [0.2, 0.25) is 5.91 Å². The van der Waals surface area contributed by atoms with Crippen LogP contribution in [0, 0.1) is 18.8 Å². The summed E-state index contributed by atoms with van der Waals surface area (Å²) in [6.45, 7) is 8.04. The number of nitrogens with zero attached hydrogens (tertiary/aromatic N) is 1. The van der Waals surface area contributed by atoms with E-state index in [-0.39, 0.29) is 18.4 Å². The van der Waals surface area contributed by atoms with E-state index < -0.39 is 0 Å². The molecule has 1 aliphatic rings. The summed E-state index contributed by atoms with van der Waals surface area (Å²) < 4.78 is 5.18. The highest BCUT2D eigenvalue weighted by atomic mass is 16.5. The summed E-state index contributed by atoms with van der Waals surface area (Å²) in [6, 6.07) is 12.9. The lowest BCUT2D eigenvalue weighted by Crippen LogP contribution is -2.42. The number of ether oxygens (including phenoxy) is 1. The second kappa shape index (κ2) is 9.65. The number of amides is 2. The van der Waals surface area contributed by atoms with Crippen LogP contribution < -0.4 is 15.4 Å². The number of likely N-dealkylation sites (tertiary alicyclic amines) is 1. The molecule has 6 heteroatoms. The number of carbonyl (C=O) groups excluding carboxylic acids is 2. The van der Waals surface area contributed by atoms with Crippen molar-refractivity contribution >= 4 is 23.2 Å². The Hall–Kier alpha value is -3.02. The molecule has 2 amide bonds. The average molecular weight is 410 g/mol. The number of rotatable bonds is 6. The molecule has 1 fully saturated rings. The van der Waals surface area contributed by atoms with Crippen molar-refractivity contribution in [2.24, 2.45) is 11.8 Å². The van der Waals surface area contributed by atoms with Crippen LogP contribution in [0.1, 0.15) is 36.2 Å². The molecular weight excluding hydrogens is 378 g/mol. The van der Waals surface area contributed by atoms with E-state index in [0.29, 0.717) is 28.8 Å². The van der Waals surface area contributed by atoms with E-state index in [9.17, 15) is 9.59 Å². The minimum absolute atomic E-state index is 0.0530. The van der Waals surface area contributed by atoms with Crippen molar-refractivity contribution in [1.82, 2.24) is 4.90 Å². The van der Waals surface area contributed by atoms with E-state index in [1.54, 1.807) is 13.2 Å². The molecule has 0 spiro atoms. The number of carbonyl (C=O) groups is 2. The highest BCUT2D eigenvalue weighted by Gasteiger charge is 2.26. The van der Waals surface area contributed by atoms with Gasteiger partial charge >= 0.3 is 0 Å². The molecule has 2 atom stereocenters. The first-order chi connectivity index (χ1) is 14.4. The maximum atomic E-state index is 13.0. The Labute approximate surface area is 178 Å². The highest BCUT2D eigenvalue weighted by molar-refractivity contribution is 5.96. The Balaban J connectivity index is 1.63. The minimum Gasteiger partial charge on any atom is -0.497 e. The average Bonchev–Trinajstić information content (AvgIpc) is 2.72. The Bertz CT molecular complexity index is 902. The molecule has 30 heavy (non-hydrogen) atoms. The van der Waals surface area contributed by atoms with E-state index in [1.165, 1.54) is 0 Å². The molecule has 2 unspecified atom stereocenters. The smallest absolute Gasteiger partial charge is 0.253 e. The van der Waals surface area contributed by atoms with Crippen molar-refractivity contribution in [3.63, 3.8) is 0 Å². The van der Waals surface area contributed by atoms with Gasteiger partial charge in [-0.2, -0.15) is 0 Å². The number of aryl methyl sites for hydroxylation is 1. The summed E-state index contributed by atoms with van der Waals surface area (Å²) in [5.41, 5.74) is 3.11. The third-order valence-corrected chi connectivity index (χ3v) is 5.43. The number of benzene rings is 2. The second-order valence-corrected chi connectivity index (χ2v) is 8.32. The van der Waals surface area contributed by atoms with E-state index in [0.717, 1.165) is 30.8 Å². The number of methoxy groups -OCH3 is 1. The van der Waals surface area contributed by atoms with Gasteiger partial charge in [-0.3, -0.25) is 9.59 Å². The van der Waals surface area contributed by atoms with Crippen LogP contribution in [0.4, 0.5) is 11.4 Å². The lowest BCUT2D eigenvalue weighted by atomic mass is 9.91. The predicted octanol–water partition coefficient (Wildman–Crippen LogP) is 4.17. The number of hydrogen-bond donors (Lipinski definition) is 2. The first kappa shape index (κ1) is 21.7. The lowest BCUT2D eigenvalue weighted by Gasteiger charge is -2.35. The van der Waals surface area contributed by atoms with Gasteiger partial charge in [0.15, 0.2) is 0 Å². The van der Waals surface area contributed by atoms with Crippen LogP contribution in [0.3, 0.4) is 0 Å². The Morgan fingerprint density at radius 1 is 1.10 bits per heavy atom. The van der Waals surface area contributed by atoms with Crippen LogP contribution >= 0.6 is 0 Å². The summed E-state index contributed by atoms with van der Waals surface area (Å²) in [6.07, 6.45) is 1.16. The van der Waals surface area contributed by atoms with Gasteiger partial charge in [0.25, 0.3) is 5.91 Å². The third-order valence-electron chi connectivity index (χ3n) is 5.43. The van der Waals surface area contributed by atoms with Gasteiger partial charge in [-0.25, -0.2) is 0 Å². The van der Waals surface area contributed by atoms with Gasteiger partial charge < -0.3 is 20.3 Å². The van der Waals surface area contributed by atoms with Gasteiger partial charge in [0.1, 0.15) is 5.75 Å². The predicted molar refractivity (Wildman–Crippen MR) is 120 cm³/mol. The summed E-state index contributed by atoms with van der Waals surface area (Å²) in [5, 5.41) is 6.01. The fraction of sp³-hybridized carbons (Fsp3) is 0.417. The van der Waals surface area contributed by atoms with Crippen LogP contribution in [-0.2, 0) is 4.79 Å². The number of anilines is 2. The zero-order chi connectivity index (χ0) is 21.7. The van der Waals surface area contributed by atoms with Crippen LogP contribution in [0.5, 0.6) is 5.75 Å². The van der Waals surface area contributed by atoms with E-state index in [2.05, 4.69) is 24.5 Å². The second-order valence-electron chi connectivity index (χ2n) is 8.32. The Kier molecular flexibility index (Phi) is 6.98. The van der Waals surface area contributed by atoms with Crippen LogP contribution in [0.25, 0.3) is 0 Å². The quantitative estimate of drug-likeness (QED) is 0.751. The fourth-order valence-electron chi connectivity index (χ4n) is 4.04. The molecule has 0 aromatic heterocycles. The van der Waals surface area contributed by atoms with Gasteiger partial charge in [-0.1, -0.05) is 26.0 Å². The molecule has 0 bridgehead atoms. The molecule has 1 saturated heterocycles. The molecule has 1 heterocycles. The molecule has 0 saturated carbocycles. The number of nitrogens with one attached hydrogen (secondary N) is 2. The SMILES string of the molecule is COc1cccc(NC(=O)CNc2cc(C(=O)N3CC(C)CC(C)C3)ccc2C)c1. The maximum Gasteiger partial charge on any atom is 0.253 e. The van der Waals surface area contributed by atoms with Crippen molar-refractivity contribution < 1.29 is 14.3 Å². The van der Waals surface area contributed by atoms with Crippen molar-refractivity contribution in [3.05, 3.63) is 53.6 Å². The van der Waals surface area contributed by atoms with Crippen molar-refractivity contribution in [2.45, 2.75) is 27.2 Å². The third kappa shape index (κ3) is 5.53. The van der Waals surface area contributed by atoms with Gasteiger partial charge in [0.05, 0.1) is 13.7 Å². The zero-order valence-electron chi connectivity index (χ0n) is 18.2. The lowest BCUT2D eigenvalue weighted by molar-refractivity contribution is -0.114.